The Morgan fingerprint density at radius 1 is 1.28 bits per heavy atom. The summed E-state index contributed by atoms with van der Waals surface area (Å²) in [6.07, 6.45) is 0. The summed E-state index contributed by atoms with van der Waals surface area (Å²) in [6.45, 7) is 5.83. The van der Waals surface area contributed by atoms with Crippen molar-refractivity contribution in [3.05, 3.63) is 56.4 Å². The Balaban J connectivity index is 1.59. The number of carbonyl (C=O) groups excluding carboxylic acids is 1. The van der Waals surface area contributed by atoms with Gasteiger partial charge < -0.3 is 5.32 Å². The van der Waals surface area contributed by atoms with Crippen LogP contribution in [-0.2, 0) is 10.5 Å². The molecule has 3 aromatic rings. The van der Waals surface area contributed by atoms with Gasteiger partial charge >= 0.3 is 0 Å². The van der Waals surface area contributed by atoms with E-state index in [1.807, 2.05) is 39.0 Å². The van der Waals surface area contributed by atoms with Crippen LogP contribution in [0.1, 0.15) is 21.8 Å². The van der Waals surface area contributed by atoms with Crippen LogP contribution >= 0.6 is 23.1 Å². The minimum Gasteiger partial charge on any atom is -0.325 e. The molecule has 1 N–H and O–H groups in total. The maximum Gasteiger partial charge on any atom is 0.275 e. The van der Waals surface area contributed by atoms with E-state index in [1.54, 1.807) is 0 Å². The molecule has 0 saturated heterocycles. The molecule has 130 valence electrons. The van der Waals surface area contributed by atoms with E-state index in [9.17, 15) is 9.59 Å². The van der Waals surface area contributed by atoms with Gasteiger partial charge in [0.2, 0.25) is 10.9 Å². The second-order valence-corrected chi connectivity index (χ2v) is 7.91. The lowest BCUT2D eigenvalue weighted by molar-refractivity contribution is -0.113. The van der Waals surface area contributed by atoms with E-state index >= 15 is 0 Å². The first-order valence-electron chi connectivity index (χ1n) is 7.73. The van der Waals surface area contributed by atoms with Gasteiger partial charge in [0.1, 0.15) is 5.01 Å². The van der Waals surface area contributed by atoms with Gasteiger partial charge in [-0.1, -0.05) is 29.0 Å². The van der Waals surface area contributed by atoms with E-state index < -0.39 is 0 Å². The summed E-state index contributed by atoms with van der Waals surface area (Å²) >= 11 is 2.81. The molecule has 1 amide bonds. The Labute approximate surface area is 153 Å². The fourth-order valence-corrected chi connectivity index (χ4v) is 3.90. The fraction of sp³-hybridized carbons (Fsp3) is 0.294. The topological polar surface area (TPSA) is 76.4 Å². The number of thioether (sulfide) groups is 1. The molecule has 0 unspecified atom stereocenters. The molecular weight excluding hydrogens is 356 g/mol. The van der Waals surface area contributed by atoms with E-state index in [1.165, 1.54) is 33.7 Å². The van der Waals surface area contributed by atoms with Gasteiger partial charge in [-0.15, -0.1) is 11.8 Å². The molecule has 3 rings (SSSR count). The Hall–Kier alpha value is -2.19. The van der Waals surface area contributed by atoms with Crippen LogP contribution in [0.4, 0.5) is 5.69 Å². The molecule has 0 aliphatic carbocycles. The van der Waals surface area contributed by atoms with Crippen molar-refractivity contribution in [2.75, 3.05) is 11.1 Å². The summed E-state index contributed by atoms with van der Waals surface area (Å²) in [5.74, 6) is 0.738. The molecule has 1 aromatic carbocycles. The van der Waals surface area contributed by atoms with Crippen molar-refractivity contribution in [2.45, 2.75) is 26.5 Å². The summed E-state index contributed by atoms with van der Waals surface area (Å²) in [7, 11) is 0. The third-order valence-corrected chi connectivity index (χ3v) is 5.33. The third-order valence-electron chi connectivity index (χ3n) is 3.54. The Morgan fingerprint density at radius 3 is 2.84 bits per heavy atom. The summed E-state index contributed by atoms with van der Waals surface area (Å²) in [4.78, 5) is 29.1. The normalized spacial score (nSPS) is 11.0. The number of nitrogens with one attached hydrogen (secondary N) is 1. The van der Waals surface area contributed by atoms with Crippen molar-refractivity contribution in [3.63, 3.8) is 0 Å². The SMILES string of the molecule is Cc1ccc(NC(=O)CSCc2cc(=O)n3nc(C)sc3n2)c(C)c1. The average Bonchev–Trinajstić information content (AvgIpc) is 2.91. The maximum atomic E-state index is 12.1. The predicted molar refractivity (Wildman–Crippen MR) is 103 cm³/mol. The quantitative estimate of drug-likeness (QED) is 0.743. The standard InChI is InChI=1S/C17H18N4O2S2/c1-10-4-5-14(11(2)6-10)19-15(22)9-24-8-13-7-16(23)21-17(18-13)25-12(3)20-21/h4-7H,8-9H2,1-3H3,(H,19,22). The number of anilines is 1. The molecule has 2 aromatic heterocycles. The molecule has 25 heavy (non-hydrogen) atoms. The monoisotopic (exact) mass is 374 g/mol. The summed E-state index contributed by atoms with van der Waals surface area (Å²) < 4.78 is 1.31. The molecule has 0 bridgehead atoms. The van der Waals surface area contributed by atoms with Gasteiger partial charge in [0.05, 0.1) is 11.4 Å². The highest BCUT2D eigenvalue weighted by atomic mass is 32.2. The molecule has 0 aliphatic heterocycles. The largest absolute Gasteiger partial charge is 0.325 e. The fourth-order valence-electron chi connectivity index (χ4n) is 2.41. The van der Waals surface area contributed by atoms with Crippen molar-refractivity contribution in [2.24, 2.45) is 0 Å². The van der Waals surface area contributed by atoms with E-state index in [2.05, 4.69) is 15.4 Å². The number of benzene rings is 1. The van der Waals surface area contributed by atoms with E-state index in [-0.39, 0.29) is 11.5 Å². The van der Waals surface area contributed by atoms with Gasteiger partial charge in [0.25, 0.3) is 5.56 Å². The predicted octanol–water partition coefficient (Wildman–Crippen LogP) is 2.95. The zero-order chi connectivity index (χ0) is 18.0. The average molecular weight is 374 g/mol. The van der Waals surface area contributed by atoms with Crippen LogP contribution in [-0.4, -0.2) is 26.3 Å². The Kier molecular flexibility index (Phi) is 5.19. The highest BCUT2D eigenvalue weighted by Crippen LogP contribution is 2.17. The number of carbonyl (C=O) groups is 1. The van der Waals surface area contributed by atoms with Gasteiger partial charge in [-0.05, 0) is 32.4 Å². The van der Waals surface area contributed by atoms with Gasteiger partial charge in [0, 0.05) is 17.5 Å². The van der Waals surface area contributed by atoms with Gasteiger partial charge in [-0.3, -0.25) is 9.59 Å². The first-order chi connectivity index (χ1) is 11.9. The van der Waals surface area contributed by atoms with E-state index in [0.717, 1.165) is 21.8 Å². The molecule has 6 nitrogen and oxygen atoms in total. The second-order valence-electron chi connectivity index (χ2n) is 5.76. The molecule has 2 heterocycles. The first kappa shape index (κ1) is 17.6. The zero-order valence-corrected chi connectivity index (χ0v) is 15.8. The van der Waals surface area contributed by atoms with Gasteiger partial charge in [-0.25, -0.2) is 4.98 Å². The van der Waals surface area contributed by atoms with Crippen molar-refractivity contribution >= 4 is 39.7 Å². The summed E-state index contributed by atoms with van der Waals surface area (Å²) in [5.41, 5.74) is 3.51. The van der Waals surface area contributed by atoms with E-state index in [0.29, 0.717) is 22.2 Å². The molecule has 0 fully saturated rings. The molecule has 0 radical (unpaired) electrons. The maximum absolute atomic E-state index is 12.1. The van der Waals surface area contributed by atoms with Crippen LogP contribution in [0.25, 0.3) is 4.96 Å². The highest BCUT2D eigenvalue weighted by molar-refractivity contribution is 7.99. The van der Waals surface area contributed by atoms with Gasteiger partial charge in [0.15, 0.2) is 0 Å². The summed E-state index contributed by atoms with van der Waals surface area (Å²) in [5, 5.41) is 7.82. The van der Waals surface area contributed by atoms with Crippen LogP contribution in [0.2, 0.25) is 0 Å². The number of hydrogen-bond donors (Lipinski definition) is 1. The Bertz CT molecular complexity index is 994. The second kappa shape index (κ2) is 7.37. The summed E-state index contributed by atoms with van der Waals surface area (Å²) in [6, 6.07) is 7.39. The minimum atomic E-state index is -0.190. The lowest BCUT2D eigenvalue weighted by atomic mass is 10.1. The van der Waals surface area contributed by atoms with Crippen LogP contribution in [0, 0.1) is 20.8 Å². The van der Waals surface area contributed by atoms with E-state index in [4.69, 9.17) is 0 Å². The molecule has 0 saturated carbocycles. The van der Waals surface area contributed by atoms with Crippen molar-refractivity contribution in [1.82, 2.24) is 14.6 Å². The molecule has 0 spiro atoms. The van der Waals surface area contributed by atoms with Crippen molar-refractivity contribution in [1.29, 1.82) is 0 Å². The first-order valence-corrected chi connectivity index (χ1v) is 9.71. The smallest absolute Gasteiger partial charge is 0.275 e. The number of rotatable bonds is 5. The Morgan fingerprint density at radius 2 is 2.08 bits per heavy atom. The minimum absolute atomic E-state index is 0.0663. The lowest BCUT2D eigenvalue weighted by Gasteiger charge is -2.09. The van der Waals surface area contributed by atoms with Crippen LogP contribution in [0.5, 0.6) is 0 Å². The van der Waals surface area contributed by atoms with Crippen molar-refractivity contribution < 1.29 is 4.79 Å². The number of aromatic nitrogens is 3. The van der Waals surface area contributed by atoms with Crippen LogP contribution in [0.15, 0.2) is 29.1 Å². The molecule has 8 heteroatoms. The third kappa shape index (κ3) is 4.26. The van der Waals surface area contributed by atoms with Crippen LogP contribution < -0.4 is 10.9 Å². The van der Waals surface area contributed by atoms with Crippen LogP contribution in [0.3, 0.4) is 0 Å². The number of hydrogen-bond acceptors (Lipinski definition) is 6. The van der Waals surface area contributed by atoms with Gasteiger partial charge in [-0.2, -0.15) is 9.61 Å². The molecule has 0 atom stereocenters. The zero-order valence-electron chi connectivity index (χ0n) is 14.2. The number of aryl methyl sites for hydroxylation is 3. The number of nitrogens with zero attached hydrogens (tertiary/aromatic N) is 3. The number of fused-ring (bicyclic) bond motifs is 1. The molecular formula is C17H18N4O2S2. The number of amides is 1. The molecule has 0 aliphatic rings. The highest BCUT2D eigenvalue weighted by Gasteiger charge is 2.09. The lowest BCUT2D eigenvalue weighted by Crippen LogP contribution is -2.16. The van der Waals surface area contributed by atoms with Crippen molar-refractivity contribution in [3.8, 4) is 0 Å².